The normalized spacial score (nSPS) is 13.3. The van der Waals surface area contributed by atoms with E-state index in [0.29, 0.717) is 35.3 Å². The van der Waals surface area contributed by atoms with E-state index in [1.165, 1.54) is 50.0 Å². The summed E-state index contributed by atoms with van der Waals surface area (Å²) in [7, 11) is 2.19. The number of nitrogens with one attached hydrogen (secondary N) is 1. The number of carbonyl (C=O) groups is 1. The van der Waals surface area contributed by atoms with Gasteiger partial charge in [0.25, 0.3) is 0 Å². The van der Waals surface area contributed by atoms with Crippen LogP contribution in [0, 0.1) is 5.82 Å². The van der Waals surface area contributed by atoms with Crippen molar-refractivity contribution in [2.24, 2.45) is 0 Å². The second kappa shape index (κ2) is 17.9. The van der Waals surface area contributed by atoms with Crippen LogP contribution < -0.4 is 5.32 Å². The number of unbranched alkanes of at least 4 members (excludes halogenated alkanes) is 1. The molecule has 1 N–H and O–H groups in total. The summed E-state index contributed by atoms with van der Waals surface area (Å²) in [5.41, 5.74) is 5.88. The molecule has 5 rings (SSSR count). The van der Waals surface area contributed by atoms with Crippen molar-refractivity contribution in [2.75, 3.05) is 25.5 Å². The van der Waals surface area contributed by atoms with Crippen molar-refractivity contribution in [2.45, 2.75) is 91.9 Å². The summed E-state index contributed by atoms with van der Waals surface area (Å²) in [6.07, 6.45) is 9.52. The number of hydrogen-bond donors (Lipinski definition) is 1. The van der Waals surface area contributed by atoms with Gasteiger partial charge in [-0.25, -0.2) is 13.9 Å². The van der Waals surface area contributed by atoms with Crippen molar-refractivity contribution in [1.82, 2.24) is 19.5 Å². The first-order valence-electron chi connectivity index (χ1n) is 16.2. The summed E-state index contributed by atoms with van der Waals surface area (Å²) in [6, 6.07) is 14.9. The van der Waals surface area contributed by atoms with Crippen molar-refractivity contribution >= 4 is 34.5 Å². The smallest absolute Gasteiger partial charge is 0.245 e. The number of fused-ring (bicyclic) bond motifs is 1. The van der Waals surface area contributed by atoms with E-state index in [4.69, 9.17) is 16.7 Å². The fourth-order valence-corrected chi connectivity index (χ4v) is 5.65. The van der Waals surface area contributed by atoms with Crippen molar-refractivity contribution in [3.63, 3.8) is 0 Å². The van der Waals surface area contributed by atoms with E-state index in [9.17, 15) is 9.18 Å². The number of ketones is 1. The fraction of sp³-hybridized carbons (Fsp3) is 0.472. The van der Waals surface area contributed by atoms with Gasteiger partial charge in [-0.15, -0.1) is 5.10 Å². The third kappa shape index (κ3) is 9.86. The lowest BCUT2D eigenvalue weighted by molar-refractivity contribution is -0.120. The van der Waals surface area contributed by atoms with Gasteiger partial charge in [0.1, 0.15) is 11.6 Å². The zero-order valence-corrected chi connectivity index (χ0v) is 28.1. The van der Waals surface area contributed by atoms with Crippen LogP contribution in [0.2, 0.25) is 5.02 Å². The topological polar surface area (TPSA) is 62.5 Å². The van der Waals surface area contributed by atoms with Crippen molar-refractivity contribution in [3.05, 3.63) is 76.8 Å². The number of Topliss-reactive ketones (excluding diaryl/α,β-unsaturated/α-hetero) is 1. The van der Waals surface area contributed by atoms with Crippen molar-refractivity contribution < 1.29 is 9.18 Å². The molecular weight excluding hydrogens is 573 g/mol. The van der Waals surface area contributed by atoms with E-state index >= 15 is 0 Å². The molecule has 1 aliphatic rings. The Bertz CT molecular complexity index is 1440. The predicted octanol–water partition coefficient (Wildman–Crippen LogP) is 9.88. The SMILES string of the molecule is CC.CCCCN(C)CCC.CCc1ccc(-c2cc(C3CCC(=O)CC3)n3nc(Nc4cc(F)cc(Cl)c4)ncc23)cc1. The maximum absolute atomic E-state index is 13.8. The third-order valence-corrected chi connectivity index (χ3v) is 8.02. The number of nitrogens with zero attached hydrogens (tertiary/aromatic N) is 4. The first-order valence-corrected chi connectivity index (χ1v) is 16.6. The van der Waals surface area contributed by atoms with E-state index in [1.54, 1.807) is 12.3 Å². The lowest BCUT2D eigenvalue weighted by Crippen LogP contribution is -2.19. The molecule has 0 unspecified atom stereocenters. The molecule has 0 aliphatic heterocycles. The Morgan fingerprint density at radius 2 is 1.70 bits per heavy atom. The predicted molar refractivity (Wildman–Crippen MR) is 183 cm³/mol. The lowest BCUT2D eigenvalue weighted by Gasteiger charge is -2.20. The van der Waals surface area contributed by atoms with Crippen molar-refractivity contribution in [1.29, 1.82) is 0 Å². The Labute approximate surface area is 268 Å². The monoisotopic (exact) mass is 621 g/mol. The fourth-order valence-electron chi connectivity index (χ4n) is 5.43. The average Bonchev–Trinajstić information content (AvgIpc) is 3.40. The molecule has 1 aliphatic carbocycles. The Morgan fingerprint density at radius 3 is 2.32 bits per heavy atom. The number of hydrogen-bond acceptors (Lipinski definition) is 5. The maximum atomic E-state index is 13.8. The highest BCUT2D eigenvalue weighted by molar-refractivity contribution is 6.30. The van der Waals surface area contributed by atoms with E-state index in [1.807, 2.05) is 18.4 Å². The summed E-state index contributed by atoms with van der Waals surface area (Å²) in [4.78, 5) is 18.7. The van der Waals surface area contributed by atoms with Crippen LogP contribution >= 0.6 is 11.6 Å². The quantitative estimate of drug-likeness (QED) is 0.191. The van der Waals surface area contributed by atoms with Gasteiger partial charge in [0.15, 0.2) is 0 Å². The number of carbonyl (C=O) groups excluding carboxylic acids is 1. The molecule has 2 aromatic carbocycles. The Hall–Kier alpha value is -3.29. The second-order valence-electron chi connectivity index (χ2n) is 11.2. The minimum atomic E-state index is -0.433. The van der Waals surface area contributed by atoms with Crippen LogP contribution in [0.25, 0.3) is 16.6 Å². The molecular formula is C36H49ClFN5O. The Kier molecular flexibility index (Phi) is 14.3. The van der Waals surface area contributed by atoms with Gasteiger partial charge in [-0.05, 0) is 87.6 Å². The number of aryl methyl sites for hydroxylation is 1. The summed E-state index contributed by atoms with van der Waals surface area (Å²) in [5, 5.41) is 8.10. The molecule has 1 fully saturated rings. The Morgan fingerprint density at radius 1 is 1.00 bits per heavy atom. The highest BCUT2D eigenvalue weighted by Gasteiger charge is 2.25. The zero-order chi connectivity index (χ0) is 32.1. The van der Waals surface area contributed by atoms with Crippen LogP contribution in [0.3, 0.4) is 0 Å². The molecule has 8 heteroatoms. The highest BCUT2D eigenvalue weighted by atomic mass is 35.5. The summed E-state index contributed by atoms with van der Waals surface area (Å²) in [6.45, 7) is 13.1. The molecule has 0 spiro atoms. The van der Waals surface area contributed by atoms with Crippen molar-refractivity contribution in [3.8, 4) is 11.1 Å². The largest absolute Gasteiger partial charge is 0.323 e. The van der Waals surface area contributed by atoms with Crippen LogP contribution in [0.4, 0.5) is 16.0 Å². The van der Waals surface area contributed by atoms with Gasteiger partial charge in [0.2, 0.25) is 5.95 Å². The van der Waals surface area contributed by atoms with E-state index in [2.05, 4.69) is 73.4 Å². The second-order valence-corrected chi connectivity index (χ2v) is 11.6. The van der Waals surface area contributed by atoms with Gasteiger partial charge in [-0.3, -0.25) is 4.79 Å². The van der Waals surface area contributed by atoms with Crippen LogP contribution in [-0.4, -0.2) is 45.4 Å². The molecule has 0 amide bonds. The van der Waals surface area contributed by atoms with Gasteiger partial charge >= 0.3 is 0 Å². The molecule has 0 bridgehead atoms. The van der Waals surface area contributed by atoms with E-state index in [-0.39, 0.29) is 5.92 Å². The molecule has 0 radical (unpaired) electrons. The number of halogens is 2. The summed E-state index contributed by atoms with van der Waals surface area (Å²) in [5.74, 6) is 0.478. The van der Waals surface area contributed by atoms with E-state index < -0.39 is 5.82 Å². The summed E-state index contributed by atoms with van der Waals surface area (Å²) < 4.78 is 15.7. The zero-order valence-electron chi connectivity index (χ0n) is 27.3. The number of anilines is 2. The van der Waals surface area contributed by atoms with Crippen LogP contribution in [0.15, 0.2) is 54.7 Å². The Balaban J connectivity index is 0.000000416. The molecule has 4 aromatic rings. The van der Waals surface area contributed by atoms with Gasteiger partial charge in [0, 0.05) is 40.7 Å². The number of aromatic nitrogens is 3. The van der Waals surface area contributed by atoms with Gasteiger partial charge in [-0.1, -0.05) is 76.9 Å². The van der Waals surface area contributed by atoms with Gasteiger partial charge in [0.05, 0.1) is 11.7 Å². The average molecular weight is 622 g/mol. The van der Waals surface area contributed by atoms with Crippen LogP contribution in [0.1, 0.15) is 96.7 Å². The molecule has 238 valence electrons. The van der Waals surface area contributed by atoms with Gasteiger partial charge in [-0.2, -0.15) is 0 Å². The molecule has 1 saturated carbocycles. The van der Waals surface area contributed by atoms with Crippen LogP contribution in [-0.2, 0) is 11.2 Å². The minimum Gasteiger partial charge on any atom is -0.323 e. The number of rotatable bonds is 10. The maximum Gasteiger partial charge on any atom is 0.245 e. The molecule has 44 heavy (non-hydrogen) atoms. The molecule has 0 atom stereocenters. The number of benzene rings is 2. The molecule has 0 saturated heterocycles. The molecule has 6 nitrogen and oxygen atoms in total. The first kappa shape index (κ1) is 35.2. The first-order chi connectivity index (χ1) is 21.3. The lowest BCUT2D eigenvalue weighted by atomic mass is 9.86. The molecule has 2 heterocycles. The third-order valence-electron chi connectivity index (χ3n) is 7.80. The minimum absolute atomic E-state index is 0.241. The highest BCUT2D eigenvalue weighted by Crippen LogP contribution is 2.37. The molecule has 2 aromatic heterocycles. The van der Waals surface area contributed by atoms with Crippen LogP contribution in [0.5, 0.6) is 0 Å². The standard InChI is InChI=1S/C26H24ClFN4O.C8H19N.C2H6/c1-2-16-3-5-17(6-4-16)23-14-24(18-7-9-22(33)10-8-18)32-25(23)15-29-26(31-32)30-21-12-19(27)11-20(28)13-21;1-4-6-8-9(3)7-5-2;1-2/h3-6,11-15,18H,2,7-10H2,1H3,(H,30,31);4-8H2,1-3H3;1-2H3. The van der Waals surface area contributed by atoms with E-state index in [0.717, 1.165) is 41.6 Å². The summed E-state index contributed by atoms with van der Waals surface area (Å²) >= 11 is 5.99. The van der Waals surface area contributed by atoms with Gasteiger partial charge < -0.3 is 10.2 Å².